The van der Waals surface area contributed by atoms with Crippen LogP contribution in [-0.2, 0) is 14.6 Å². The van der Waals surface area contributed by atoms with Crippen LogP contribution in [0.25, 0.3) is 0 Å². The zero-order chi connectivity index (χ0) is 16.3. The molecule has 1 heterocycles. The Morgan fingerprint density at radius 3 is 2.78 bits per heavy atom. The molecule has 130 valence electrons. The maximum atomic E-state index is 12.2. The van der Waals surface area contributed by atoms with Crippen LogP contribution in [0.5, 0.6) is 0 Å². The zero-order valence-electron chi connectivity index (χ0n) is 13.0. The molecule has 6 nitrogen and oxygen atoms in total. The highest BCUT2D eigenvalue weighted by atomic mass is 35.5. The molecule has 1 atom stereocenters. The third kappa shape index (κ3) is 5.61. The first kappa shape index (κ1) is 20.2. The van der Waals surface area contributed by atoms with Crippen molar-refractivity contribution in [1.29, 1.82) is 0 Å². The van der Waals surface area contributed by atoms with Gasteiger partial charge in [-0.2, -0.15) is 0 Å². The number of nitrogens with zero attached hydrogens (tertiary/aromatic N) is 1. The van der Waals surface area contributed by atoms with E-state index in [1.54, 1.807) is 0 Å². The number of anilines is 1. The van der Waals surface area contributed by atoms with E-state index >= 15 is 0 Å². The summed E-state index contributed by atoms with van der Waals surface area (Å²) in [6.07, 6.45) is 1.12. The first-order valence-corrected chi connectivity index (χ1v) is 9.28. The average molecular weight is 382 g/mol. The molecule has 0 spiro atoms. The van der Waals surface area contributed by atoms with Crippen molar-refractivity contribution in [1.82, 2.24) is 10.2 Å². The maximum absolute atomic E-state index is 12.2. The van der Waals surface area contributed by atoms with Crippen LogP contribution >= 0.6 is 24.0 Å². The summed E-state index contributed by atoms with van der Waals surface area (Å²) >= 11 is 6.03. The van der Waals surface area contributed by atoms with Gasteiger partial charge in [0.15, 0.2) is 9.84 Å². The summed E-state index contributed by atoms with van der Waals surface area (Å²) in [5.74, 6) is -0.207. The van der Waals surface area contributed by atoms with Crippen LogP contribution in [0, 0.1) is 0 Å². The lowest BCUT2D eigenvalue weighted by atomic mass is 10.2. The number of benzene rings is 1. The summed E-state index contributed by atoms with van der Waals surface area (Å²) in [5, 5.41) is 6.27. The van der Waals surface area contributed by atoms with Gasteiger partial charge in [-0.05, 0) is 25.1 Å². The van der Waals surface area contributed by atoms with Gasteiger partial charge in [0.2, 0.25) is 5.91 Å². The molecule has 0 aliphatic carbocycles. The second kappa shape index (κ2) is 8.30. The predicted octanol–water partition coefficient (Wildman–Crippen LogP) is 1.40. The van der Waals surface area contributed by atoms with Crippen molar-refractivity contribution in [2.75, 3.05) is 37.8 Å². The number of carbonyl (C=O) groups excluding carboxylic acids is 1. The number of hydrogen-bond donors (Lipinski definition) is 2. The van der Waals surface area contributed by atoms with Crippen molar-refractivity contribution in [2.45, 2.75) is 17.9 Å². The molecule has 1 aromatic carbocycles. The highest BCUT2D eigenvalue weighted by molar-refractivity contribution is 7.90. The van der Waals surface area contributed by atoms with E-state index < -0.39 is 9.84 Å². The van der Waals surface area contributed by atoms with Crippen molar-refractivity contribution in [3.05, 3.63) is 23.2 Å². The molecule has 1 aliphatic rings. The third-order valence-corrected chi connectivity index (χ3v) is 5.07. The van der Waals surface area contributed by atoms with Gasteiger partial charge in [-0.25, -0.2) is 8.42 Å². The van der Waals surface area contributed by atoms with E-state index in [0.717, 1.165) is 25.9 Å². The molecule has 0 radical (unpaired) electrons. The molecule has 1 saturated heterocycles. The van der Waals surface area contributed by atoms with E-state index in [0.29, 0.717) is 10.7 Å². The zero-order valence-corrected chi connectivity index (χ0v) is 15.4. The van der Waals surface area contributed by atoms with Gasteiger partial charge in [0.1, 0.15) is 0 Å². The number of carbonyl (C=O) groups is 1. The minimum Gasteiger partial charge on any atom is -0.324 e. The van der Waals surface area contributed by atoms with Gasteiger partial charge in [0.05, 0.1) is 22.2 Å². The second-order valence-corrected chi connectivity index (χ2v) is 7.91. The monoisotopic (exact) mass is 381 g/mol. The van der Waals surface area contributed by atoms with Crippen molar-refractivity contribution in [3.63, 3.8) is 0 Å². The van der Waals surface area contributed by atoms with E-state index in [1.165, 1.54) is 18.2 Å². The Labute approximate surface area is 147 Å². The second-order valence-electron chi connectivity index (χ2n) is 5.49. The lowest BCUT2D eigenvalue weighted by molar-refractivity contribution is -0.118. The Morgan fingerprint density at radius 1 is 1.48 bits per heavy atom. The number of nitrogens with one attached hydrogen (secondary N) is 2. The van der Waals surface area contributed by atoms with Gasteiger partial charge in [0.25, 0.3) is 0 Å². The number of sulfone groups is 1. The van der Waals surface area contributed by atoms with Crippen LogP contribution in [0.1, 0.15) is 6.92 Å². The van der Waals surface area contributed by atoms with Gasteiger partial charge in [-0.15, -0.1) is 12.4 Å². The molecule has 1 aliphatic heterocycles. The summed E-state index contributed by atoms with van der Waals surface area (Å²) in [5.41, 5.74) is 0.317. The Balaban J connectivity index is 0.00000264. The molecule has 0 aromatic heterocycles. The molecule has 0 saturated carbocycles. The van der Waals surface area contributed by atoms with Gasteiger partial charge in [-0.3, -0.25) is 9.69 Å². The molecule has 2 rings (SSSR count). The number of piperazine rings is 1. The highest BCUT2D eigenvalue weighted by Gasteiger charge is 2.21. The summed E-state index contributed by atoms with van der Waals surface area (Å²) in [7, 11) is -3.34. The normalized spacial score (nSPS) is 19.0. The lowest BCUT2D eigenvalue weighted by Gasteiger charge is -2.33. The minimum absolute atomic E-state index is 0. The lowest BCUT2D eigenvalue weighted by Crippen LogP contribution is -2.52. The Bertz CT molecular complexity index is 667. The van der Waals surface area contributed by atoms with Crippen LogP contribution in [0.2, 0.25) is 5.02 Å². The van der Waals surface area contributed by atoms with Gasteiger partial charge < -0.3 is 10.6 Å². The number of hydrogen-bond acceptors (Lipinski definition) is 5. The fourth-order valence-corrected chi connectivity index (χ4v) is 3.13. The quantitative estimate of drug-likeness (QED) is 0.823. The largest absolute Gasteiger partial charge is 0.324 e. The van der Waals surface area contributed by atoms with E-state index in [9.17, 15) is 13.2 Å². The fraction of sp³-hybridized carbons (Fsp3) is 0.500. The molecular weight excluding hydrogens is 361 g/mol. The van der Waals surface area contributed by atoms with Crippen LogP contribution in [0.15, 0.2) is 23.1 Å². The highest BCUT2D eigenvalue weighted by Crippen LogP contribution is 2.25. The van der Waals surface area contributed by atoms with E-state index in [-0.39, 0.29) is 35.8 Å². The van der Waals surface area contributed by atoms with Crippen molar-refractivity contribution >= 4 is 45.4 Å². The summed E-state index contributed by atoms with van der Waals surface area (Å²) < 4.78 is 23.1. The van der Waals surface area contributed by atoms with E-state index in [1.807, 2.05) is 0 Å². The molecule has 1 amide bonds. The average Bonchev–Trinajstić information content (AvgIpc) is 2.42. The SMILES string of the molecule is C[C@@H]1CNCCN1CC(=O)Nc1cc(S(C)(=O)=O)ccc1Cl.Cl. The van der Waals surface area contributed by atoms with Crippen LogP contribution < -0.4 is 10.6 Å². The standard InChI is InChI=1S/C14H20ClN3O3S.ClH/c1-10-8-16-5-6-18(10)9-14(19)17-13-7-11(22(2,20)21)3-4-12(13)15;/h3-4,7,10,16H,5-6,8-9H2,1-2H3,(H,17,19);1H/t10-;/m1./s1. The van der Waals surface area contributed by atoms with E-state index in [2.05, 4.69) is 22.5 Å². The molecule has 0 unspecified atom stereocenters. The van der Waals surface area contributed by atoms with Crippen molar-refractivity contribution in [2.24, 2.45) is 0 Å². The molecular formula is C14H21Cl2N3O3S. The topological polar surface area (TPSA) is 78.5 Å². The number of rotatable bonds is 4. The Kier molecular flexibility index (Phi) is 7.29. The summed E-state index contributed by atoms with van der Waals surface area (Å²) in [6.45, 7) is 4.80. The molecule has 23 heavy (non-hydrogen) atoms. The Hall–Kier alpha value is -0.860. The first-order chi connectivity index (χ1) is 10.3. The maximum Gasteiger partial charge on any atom is 0.238 e. The smallest absolute Gasteiger partial charge is 0.238 e. The number of amides is 1. The fourth-order valence-electron chi connectivity index (χ4n) is 2.32. The minimum atomic E-state index is -3.34. The van der Waals surface area contributed by atoms with Crippen molar-refractivity contribution < 1.29 is 13.2 Å². The molecule has 2 N–H and O–H groups in total. The summed E-state index contributed by atoms with van der Waals surface area (Å²) in [4.78, 5) is 14.4. The molecule has 1 aromatic rings. The van der Waals surface area contributed by atoms with Crippen LogP contribution in [-0.4, -0.2) is 57.7 Å². The Morgan fingerprint density at radius 2 is 2.17 bits per heavy atom. The van der Waals surface area contributed by atoms with Crippen molar-refractivity contribution in [3.8, 4) is 0 Å². The molecule has 1 fully saturated rings. The number of halogens is 2. The molecule has 9 heteroatoms. The van der Waals surface area contributed by atoms with Crippen LogP contribution in [0.3, 0.4) is 0 Å². The summed E-state index contributed by atoms with van der Waals surface area (Å²) in [6, 6.07) is 4.56. The predicted molar refractivity (Wildman–Crippen MR) is 94.3 cm³/mol. The van der Waals surface area contributed by atoms with Gasteiger partial charge >= 0.3 is 0 Å². The first-order valence-electron chi connectivity index (χ1n) is 7.01. The molecule has 0 bridgehead atoms. The van der Waals surface area contributed by atoms with E-state index in [4.69, 9.17) is 11.6 Å². The van der Waals surface area contributed by atoms with Gasteiger partial charge in [0, 0.05) is 31.9 Å². The van der Waals surface area contributed by atoms with Crippen LogP contribution in [0.4, 0.5) is 5.69 Å². The van der Waals surface area contributed by atoms with Gasteiger partial charge in [-0.1, -0.05) is 11.6 Å². The third-order valence-electron chi connectivity index (χ3n) is 3.63.